The number of ether oxygens (including phenoxy) is 1. The van der Waals surface area contributed by atoms with E-state index < -0.39 is 0 Å². The van der Waals surface area contributed by atoms with E-state index >= 15 is 0 Å². The van der Waals surface area contributed by atoms with Gasteiger partial charge in [-0.1, -0.05) is 75.4 Å². The van der Waals surface area contributed by atoms with Crippen LogP contribution in [0.2, 0.25) is 0 Å². The van der Waals surface area contributed by atoms with Gasteiger partial charge in [-0.3, -0.25) is 4.68 Å². The quantitative estimate of drug-likeness (QED) is 0.119. The number of allylic oxidation sites excluding steroid dienone is 2. The van der Waals surface area contributed by atoms with Gasteiger partial charge in [0.25, 0.3) is 0 Å². The third kappa shape index (κ3) is 6.09. The van der Waals surface area contributed by atoms with Crippen LogP contribution in [0, 0.1) is 50.7 Å². The molecule has 5 nitrogen and oxygen atoms in total. The molecule has 0 aliphatic heterocycles. The molecule has 0 spiro atoms. The Morgan fingerprint density at radius 2 is 1.59 bits per heavy atom. The zero-order chi connectivity index (χ0) is 33.9. The Morgan fingerprint density at radius 3 is 2.35 bits per heavy atom. The summed E-state index contributed by atoms with van der Waals surface area (Å²) in [6, 6.07) is 28.2. The molecule has 254 valence electrons. The van der Waals surface area contributed by atoms with Crippen LogP contribution in [0.15, 0.2) is 78.0 Å². The number of nitrogens with zero attached hydrogens (tertiary/aromatic N) is 4. The van der Waals surface area contributed by atoms with E-state index in [1.54, 1.807) is 0 Å². The smallest absolute Gasteiger partial charge is 0.509 e. The minimum absolute atomic E-state index is 0. The van der Waals surface area contributed by atoms with Crippen LogP contribution >= 0.6 is 0 Å². The number of hydrogen-bond donors (Lipinski definition) is 0. The van der Waals surface area contributed by atoms with Gasteiger partial charge in [-0.15, -0.1) is 35.7 Å². The van der Waals surface area contributed by atoms with Crippen LogP contribution in [0.1, 0.15) is 82.0 Å². The van der Waals surface area contributed by atoms with Crippen molar-refractivity contribution in [2.24, 2.45) is 17.8 Å². The maximum atomic E-state index is 6.62. The van der Waals surface area contributed by atoms with Gasteiger partial charge >= 0.3 is 21.1 Å². The minimum Gasteiger partial charge on any atom is -0.509 e. The van der Waals surface area contributed by atoms with Gasteiger partial charge in [0.2, 0.25) is 0 Å². The number of para-hydroxylation sites is 1. The van der Waals surface area contributed by atoms with Gasteiger partial charge in [-0.05, 0) is 87.2 Å². The van der Waals surface area contributed by atoms with E-state index in [0.717, 1.165) is 57.4 Å². The summed E-state index contributed by atoms with van der Waals surface area (Å²) < 4.78 is 10.9. The molecule has 4 atom stereocenters. The van der Waals surface area contributed by atoms with Gasteiger partial charge in [0.1, 0.15) is 5.82 Å². The molecule has 1 unspecified atom stereocenters. The van der Waals surface area contributed by atoms with Crippen LogP contribution in [0.5, 0.6) is 11.5 Å². The standard InChI is InChI=1S/C43H46N4O.Pt/c1-10-13-33-21-34(47-32(9)43(31(8)45-47)42-29(6)27(4)26(3)28(5)30(42)7)23-36(22-33)48-35-16-17-38-37-14-11-12-15-39(37)46(40(38)24-35)41-20-25(2)18-19-44-41;/h11-12,14-22,26-27,29,42H,10,13H2,1-9H3;/q-2;+2/t26-,27+,29+,42?;/m1./s1. The summed E-state index contributed by atoms with van der Waals surface area (Å²) in [5.74, 6) is 4.26. The first-order chi connectivity index (χ1) is 23.1. The summed E-state index contributed by atoms with van der Waals surface area (Å²) in [7, 11) is 0. The molecule has 0 N–H and O–H groups in total. The molecular formula is C43H46N4OPt. The first-order valence-electron chi connectivity index (χ1n) is 17.4. The van der Waals surface area contributed by atoms with Crippen molar-refractivity contribution in [1.29, 1.82) is 0 Å². The van der Waals surface area contributed by atoms with Crippen LogP contribution in [0.4, 0.5) is 0 Å². The fourth-order valence-electron chi connectivity index (χ4n) is 8.09. The monoisotopic (exact) mass is 829 g/mol. The number of benzene rings is 3. The third-order valence-electron chi connectivity index (χ3n) is 11.1. The zero-order valence-electron chi connectivity index (χ0n) is 30.1. The first kappa shape index (κ1) is 34.9. The van der Waals surface area contributed by atoms with E-state index in [1.807, 2.05) is 18.3 Å². The van der Waals surface area contributed by atoms with Crippen molar-refractivity contribution in [1.82, 2.24) is 19.3 Å². The molecule has 6 heteroatoms. The number of hydrogen-bond acceptors (Lipinski definition) is 3. The molecule has 6 aromatic rings. The maximum absolute atomic E-state index is 6.62. The van der Waals surface area contributed by atoms with E-state index in [0.29, 0.717) is 35.2 Å². The fourth-order valence-corrected chi connectivity index (χ4v) is 8.09. The minimum atomic E-state index is 0. The zero-order valence-corrected chi connectivity index (χ0v) is 32.4. The second-order valence-electron chi connectivity index (χ2n) is 14.1. The number of pyridine rings is 1. The molecule has 7 rings (SSSR count). The van der Waals surface area contributed by atoms with Gasteiger partial charge in [0.05, 0.1) is 5.69 Å². The Kier molecular flexibility index (Phi) is 9.79. The van der Waals surface area contributed by atoms with Crippen molar-refractivity contribution < 1.29 is 25.8 Å². The second-order valence-corrected chi connectivity index (χ2v) is 14.1. The van der Waals surface area contributed by atoms with Gasteiger partial charge in [-0.2, -0.15) is 16.7 Å². The summed E-state index contributed by atoms with van der Waals surface area (Å²) in [6.45, 7) is 20.5. The average molecular weight is 830 g/mol. The molecule has 0 saturated carbocycles. The molecule has 1 aliphatic carbocycles. The second kappa shape index (κ2) is 13.8. The van der Waals surface area contributed by atoms with Gasteiger partial charge in [0.15, 0.2) is 0 Å². The van der Waals surface area contributed by atoms with Crippen LogP contribution in [0.25, 0.3) is 33.3 Å². The fraction of sp³-hybridized carbons (Fsp3) is 0.349. The van der Waals surface area contributed by atoms with E-state index in [-0.39, 0.29) is 21.1 Å². The average Bonchev–Trinajstić information content (AvgIpc) is 3.56. The van der Waals surface area contributed by atoms with E-state index in [1.165, 1.54) is 28.0 Å². The molecule has 49 heavy (non-hydrogen) atoms. The summed E-state index contributed by atoms with van der Waals surface area (Å²) in [4.78, 5) is 4.73. The van der Waals surface area contributed by atoms with Crippen molar-refractivity contribution in [3.63, 3.8) is 0 Å². The van der Waals surface area contributed by atoms with Crippen LogP contribution in [-0.2, 0) is 27.5 Å². The summed E-state index contributed by atoms with van der Waals surface area (Å²) in [5.41, 5.74) is 11.9. The topological polar surface area (TPSA) is 44.9 Å². The molecule has 3 aromatic heterocycles. The predicted octanol–water partition coefficient (Wildman–Crippen LogP) is 11.0. The molecule has 0 fully saturated rings. The number of aryl methyl sites for hydroxylation is 3. The van der Waals surface area contributed by atoms with Gasteiger partial charge in [-0.25, -0.2) is 4.98 Å². The molecule has 1 aliphatic rings. The van der Waals surface area contributed by atoms with E-state index in [9.17, 15) is 0 Å². The molecule has 3 aromatic carbocycles. The normalized spacial score (nSPS) is 19.4. The van der Waals surface area contributed by atoms with E-state index in [4.69, 9.17) is 14.8 Å². The van der Waals surface area contributed by atoms with Crippen molar-refractivity contribution in [3.05, 3.63) is 118 Å². The van der Waals surface area contributed by atoms with Crippen molar-refractivity contribution >= 4 is 21.8 Å². The first-order valence-corrected chi connectivity index (χ1v) is 17.4. The van der Waals surface area contributed by atoms with Crippen LogP contribution in [0.3, 0.4) is 0 Å². The Morgan fingerprint density at radius 1 is 0.816 bits per heavy atom. The Bertz CT molecular complexity index is 2210. The Labute approximate surface area is 305 Å². The Balaban J connectivity index is 0.00000417. The molecule has 0 amide bonds. The van der Waals surface area contributed by atoms with Gasteiger partial charge < -0.3 is 9.30 Å². The Hall–Kier alpha value is -3.95. The van der Waals surface area contributed by atoms with Crippen molar-refractivity contribution in [3.8, 4) is 23.0 Å². The molecule has 0 radical (unpaired) electrons. The van der Waals surface area contributed by atoms with Crippen molar-refractivity contribution in [2.45, 2.75) is 81.1 Å². The van der Waals surface area contributed by atoms with Crippen LogP contribution in [-0.4, -0.2) is 19.3 Å². The number of fused-ring (bicyclic) bond motifs is 3. The predicted molar refractivity (Wildman–Crippen MR) is 197 cm³/mol. The summed E-state index contributed by atoms with van der Waals surface area (Å²) in [6.07, 6.45) is 3.84. The SMILES string of the molecule is CCCc1cc(Oc2[c-]c3c(cc2)c2ccccc2n3-c2cc(C)ccn2)[c-]c(-n2nc(C)c(C3C(C)=C(C)[C@H](C)[C@H](C)[C@@H]3C)c2C)c1.[Pt+2]. The summed E-state index contributed by atoms with van der Waals surface area (Å²) >= 11 is 0. The molecule has 3 heterocycles. The van der Waals surface area contributed by atoms with Gasteiger partial charge in [0, 0.05) is 40.4 Å². The summed E-state index contributed by atoms with van der Waals surface area (Å²) in [5, 5.41) is 7.42. The maximum Gasteiger partial charge on any atom is 2.00 e. The van der Waals surface area contributed by atoms with E-state index in [2.05, 4.69) is 132 Å². The molecule has 0 saturated heterocycles. The molecular weight excluding hydrogens is 784 g/mol. The number of rotatable bonds is 7. The molecule has 0 bridgehead atoms. The number of aromatic nitrogens is 4. The van der Waals surface area contributed by atoms with Crippen molar-refractivity contribution in [2.75, 3.05) is 0 Å². The third-order valence-corrected chi connectivity index (χ3v) is 11.1. The largest absolute Gasteiger partial charge is 2.00 e. The van der Waals surface area contributed by atoms with Crippen LogP contribution < -0.4 is 4.74 Å².